The van der Waals surface area contributed by atoms with Crippen LogP contribution in [0.1, 0.15) is 35.9 Å². The van der Waals surface area contributed by atoms with Crippen molar-refractivity contribution in [1.82, 2.24) is 0 Å². The van der Waals surface area contributed by atoms with Gasteiger partial charge in [0.05, 0.1) is 0 Å². The Bertz CT molecular complexity index is 440. The lowest BCUT2D eigenvalue weighted by molar-refractivity contribution is -0.138. The molecule has 1 N–H and O–H groups in total. The molecule has 1 fully saturated rings. The molecule has 0 spiro atoms. The first-order chi connectivity index (χ1) is 7.72. The van der Waals surface area contributed by atoms with Crippen molar-refractivity contribution in [2.75, 3.05) is 0 Å². The second kappa shape index (κ2) is 4.29. The van der Waals surface area contributed by atoms with Crippen LogP contribution in [0.15, 0.2) is 29.3 Å². The first-order valence-electron chi connectivity index (χ1n) is 5.12. The Kier molecular flexibility index (Phi) is 2.84. The molecule has 1 aliphatic carbocycles. The molecule has 4 heteroatoms. The number of benzene rings is 1. The number of aliphatic imine (C=N–C) groups is 1. The molecule has 1 aromatic carbocycles. The lowest BCUT2D eigenvalue weighted by Gasteiger charge is -2.06. The molecule has 1 saturated carbocycles. The number of isocyanates is 1. The van der Waals surface area contributed by atoms with Crippen molar-refractivity contribution in [3.8, 4) is 0 Å². The highest BCUT2D eigenvalue weighted by Gasteiger charge is 2.24. The molecule has 1 unspecified atom stereocenters. The van der Waals surface area contributed by atoms with Gasteiger partial charge in [-0.3, -0.25) is 0 Å². The number of hydrogen-bond acceptors (Lipinski definition) is 3. The van der Waals surface area contributed by atoms with Gasteiger partial charge in [0.15, 0.2) is 6.04 Å². The van der Waals surface area contributed by atoms with Gasteiger partial charge in [-0.15, -0.1) is 0 Å². The average Bonchev–Trinajstić information content (AvgIpc) is 3.10. The van der Waals surface area contributed by atoms with Crippen LogP contribution in [0.25, 0.3) is 0 Å². The summed E-state index contributed by atoms with van der Waals surface area (Å²) in [4.78, 5) is 24.3. The SMILES string of the molecule is O=C=NC(C(=O)O)c1ccc(C2CC2)cc1. The fraction of sp³-hybridized carbons (Fsp3) is 0.333. The summed E-state index contributed by atoms with van der Waals surface area (Å²) in [5.41, 5.74) is 1.74. The van der Waals surface area contributed by atoms with Gasteiger partial charge in [-0.1, -0.05) is 24.3 Å². The van der Waals surface area contributed by atoms with Gasteiger partial charge in [-0.25, -0.2) is 9.59 Å². The van der Waals surface area contributed by atoms with Crippen LogP contribution in [0.3, 0.4) is 0 Å². The smallest absolute Gasteiger partial charge is 0.334 e. The van der Waals surface area contributed by atoms with Crippen LogP contribution in [-0.2, 0) is 9.59 Å². The molecular weight excluding hydrogens is 206 g/mol. The van der Waals surface area contributed by atoms with Crippen molar-refractivity contribution in [2.45, 2.75) is 24.8 Å². The minimum atomic E-state index is -1.14. The number of carboxylic acid groups (broad SMARTS) is 1. The van der Waals surface area contributed by atoms with E-state index in [-0.39, 0.29) is 0 Å². The Morgan fingerprint density at radius 1 is 1.38 bits per heavy atom. The Morgan fingerprint density at radius 2 is 2.00 bits per heavy atom. The quantitative estimate of drug-likeness (QED) is 0.619. The van der Waals surface area contributed by atoms with E-state index < -0.39 is 12.0 Å². The standard InChI is InChI=1S/C12H11NO3/c14-7-13-11(12(15)16)10-5-3-9(4-6-10)8-1-2-8/h3-6,8,11H,1-2H2,(H,15,16). The summed E-state index contributed by atoms with van der Waals surface area (Å²) in [6.07, 6.45) is 3.70. The second-order valence-electron chi connectivity index (χ2n) is 3.90. The maximum atomic E-state index is 10.8. The minimum absolute atomic E-state index is 0.514. The molecule has 0 radical (unpaired) electrons. The topological polar surface area (TPSA) is 66.7 Å². The summed E-state index contributed by atoms with van der Waals surface area (Å²) in [6, 6.07) is 6.11. The highest BCUT2D eigenvalue weighted by Crippen LogP contribution is 2.40. The van der Waals surface area contributed by atoms with E-state index in [4.69, 9.17) is 5.11 Å². The van der Waals surface area contributed by atoms with Crippen LogP contribution in [0.5, 0.6) is 0 Å². The van der Waals surface area contributed by atoms with Gasteiger partial charge < -0.3 is 5.11 Å². The molecule has 1 aromatic rings. The molecule has 82 valence electrons. The predicted molar refractivity (Wildman–Crippen MR) is 56.9 cm³/mol. The maximum absolute atomic E-state index is 10.8. The lowest BCUT2D eigenvalue weighted by atomic mass is 10.0. The monoisotopic (exact) mass is 217 g/mol. The van der Waals surface area contributed by atoms with E-state index in [2.05, 4.69) is 4.99 Å². The van der Waals surface area contributed by atoms with E-state index in [0.717, 1.165) is 0 Å². The highest BCUT2D eigenvalue weighted by atomic mass is 16.4. The second-order valence-corrected chi connectivity index (χ2v) is 3.90. The predicted octanol–water partition coefficient (Wildman–Crippen LogP) is 2.03. The van der Waals surface area contributed by atoms with Crippen molar-refractivity contribution in [1.29, 1.82) is 0 Å². The Balaban J connectivity index is 2.24. The number of aliphatic carboxylic acids is 1. The Labute approximate surface area is 92.6 Å². The first kappa shape index (κ1) is 10.6. The van der Waals surface area contributed by atoms with Gasteiger partial charge in [0.25, 0.3) is 0 Å². The molecule has 0 aromatic heterocycles. The molecule has 1 atom stereocenters. The van der Waals surface area contributed by atoms with E-state index >= 15 is 0 Å². The van der Waals surface area contributed by atoms with Crippen molar-refractivity contribution in [3.63, 3.8) is 0 Å². The fourth-order valence-corrected chi connectivity index (χ4v) is 1.69. The van der Waals surface area contributed by atoms with Gasteiger partial charge >= 0.3 is 5.97 Å². The van der Waals surface area contributed by atoms with Crippen molar-refractivity contribution < 1.29 is 14.7 Å². The van der Waals surface area contributed by atoms with Gasteiger partial charge in [0.1, 0.15) is 0 Å². The first-order valence-corrected chi connectivity index (χ1v) is 5.12. The number of carboxylic acids is 1. The normalized spacial score (nSPS) is 16.2. The van der Waals surface area contributed by atoms with E-state index in [0.29, 0.717) is 11.5 Å². The molecule has 0 amide bonds. The Morgan fingerprint density at radius 3 is 2.44 bits per heavy atom. The van der Waals surface area contributed by atoms with Crippen LogP contribution < -0.4 is 0 Å². The molecule has 1 aliphatic rings. The summed E-state index contributed by atoms with van der Waals surface area (Å²) >= 11 is 0. The third-order valence-corrected chi connectivity index (χ3v) is 2.72. The number of carbonyl (C=O) groups is 1. The van der Waals surface area contributed by atoms with Gasteiger partial charge in [0.2, 0.25) is 6.08 Å². The third kappa shape index (κ3) is 2.18. The highest BCUT2D eigenvalue weighted by molar-refractivity contribution is 5.76. The molecule has 0 aliphatic heterocycles. The summed E-state index contributed by atoms with van der Waals surface area (Å²) in [7, 11) is 0. The average molecular weight is 217 g/mol. The minimum Gasteiger partial charge on any atom is -0.479 e. The van der Waals surface area contributed by atoms with Gasteiger partial charge in [0, 0.05) is 0 Å². The van der Waals surface area contributed by atoms with Crippen molar-refractivity contribution in [2.24, 2.45) is 4.99 Å². The molecule has 0 saturated heterocycles. The zero-order chi connectivity index (χ0) is 11.5. The van der Waals surface area contributed by atoms with E-state index in [1.165, 1.54) is 24.5 Å². The zero-order valence-corrected chi connectivity index (χ0v) is 8.59. The summed E-state index contributed by atoms with van der Waals surface area (Å²) in [5.74, 6) is -0.505. The van der Waals surface area contributed by atoms with E-state index in [1.807, 2.05) is 12.1 Å². The van der Waals surface area contributed by atoms with Crippen molar-refractivity contribution >= 4 is 12.0 Å². The van der Waals surface area contributed by atoms with Crippen LogP contribution in [-0.4, -0.2) is 17.2 Å². The van der Waals surface area contributed by atoms with Crippen LogP contribution in [0, 0.1) is 0 Å². The van der Waals surface area contributed by atoms with Crippen LogP contribution in [0.2, 0.25) is 0 Å². The number of hydrogen-bond donors (Lipinski definition) is 1. The summed E-state index contributed by atoms with van der Waals surface area (Å²) < 4.78 is 0. The van der Waals surface area contributed by atoms with E-state index in [9.17, 15) is 9.59 Å². The number of carbonyl (C=O) groups excluding carboxylic acids is 1. The van der Waals surface area contributed by atoms with E-state index in [1.54, 1.807) is 12.1 Å². The molecule has 2 rings (SSSR count). The Hall–Kier alpha value is -1.93. The van der Waals surface area contributed by atoms with Crippen molar-refractivity contribution in [3.05, 3.63) is 35.4 Å². The molecular formula is C12H11NO3. The van der Waals surface area contributed by atoms with Crippen LogP contribution in [0.4, 0.5) is 0 Å². The third-order valence-electron chi connectivity index (χ3n) is 2.72. The molecule has 0 heterocycles. The number of rotatable bonds is 4. The fourth-order valence-electron chi connectivity index (χ4n) is 1.69. The zero-order valence-electron chi connectivity index (χ0n) is 8.59. The maximum Gasteiger partial charge on any atom is 0.334 e. The van der Waals surface area contributed by atoms with Gasteiger partial charge in [-0.2, -0.15) is 4.99 Å². The molecule has 4 nitrogen and oxygen atoms in total. The van der Waals surface area contributed by atoms with Gasteiger partial charge in [-0.05, 0) is 29.9 Å². The largest absolute Gasteiger partial charge is 0.479 e. The van der Waals surface area contributed by atoms with Crippen LogP contribution >= 0.6 is 0 Å². The summed E-state index contributed by atoms with van der Waals surface area (Å²) in [6.45, 7) is 0. The number of nitrogens with zero attached hydrogens (tertiary/aromatic N) is 1. The molecule has 0 bridgehead atoms. The molecule has 16 heavy (non-hydrogen) atoms. The lowest BCUT2D eigenvalue weighted by Crippen LogP contribution is -2.08. The summed E-state index contributed by atoms with van der Waals surface area (Å²) in [5, 5.41) is 8.88.